The van der Waals surface area contributed by atoms with Crippen molar-refractivity contribution in [3.8, 4) is 11.8 Å². The van der Waals surface area contributed by atoms with Gasteiger partial charge in [-0.05, 0) is 44.2 Å². The summed E-state index contributed by atoms with van der Waals surface area (Å²) in [6, 6.07) is 16.2. The van der Waals surface area contributed by atoms with Crippen LogP contribution in [0.15, 0.2) is 42.5 Å². The Morgan fingerprint density at radius 2 is 1.86 bits per heavy atom. The number of nitrogens with zero attached hydrogens (tertiary/aromatic N) is 2. The molecule has 0 aliphatic rings. The van der Waals surface area contributed by atoms with Crippen LogP contribution in [0.4, 0.5) is 5.69 Å². The fourth-order valence-corrected chi connectivity index (χ4v) is 2.32. The highest BCUT2D eigenvalue weighted by atomic mass is 16.5. The molecule has 0 bridgehead atoms. The molecule has 0 unspecified atom stereocenters. The molecule has 0 heterocycles. The first-order valence-electron chi connectivity index (χ1n) is 7.06. The van der Waals surface area contributed by atoms with Crippen molar-refractivity contribution in [3.63, 3.8) is 0 Å². The lowest BCUT2D eigenvalue weighted by molar-refractivity contribution is 0.409. The maximum atomic E-state index is 9.06. The molecule has 2 aromatic rings. The van der Waals surface area contributed by atoms with Gasteiger partial charge in [-0.3, -0.25) is 0 Å². The zero-order valence-electron chi connectivity index (χ0n) is 12.8. The summed E-state index contributed by atoms with van der Waals surface area (Å²) in [6.07, 6.45) is 0. The summed E-state index contributed by atoms with van der Waals surface area (Å²) in [5.74, 6) is 0.819. The summed E-state index contributed by atoms with van der Waals surface area (Å²) >= 11 is 0. The molecule has 0 saturated carbocycles. The predicted molar refractivity (Wildman–Crippen MR) is 85.6 cm³/mol. The number of ether oxygens (including phenoxy) is 1. The third-order valence-corrected chi connectivity index (χ3v) is 3.55. The Bertz CT molecular complexity index is 641. The van der Waals surface area contributed by atoms with Gasteiger partial charge in [-0.25, -0.2) is 0 Å². The average Bonchev–Trinajstić information content (AvgIpc) is 2.53. The van der Waals surface area contributed by atoms with Gasteiger partial charge in [-0.15, -0.1) is 0 Å². The molecule has 0 N–H and O–H groups in total. The first kappa shape index (κ1) is 14.9. The van der Waals surface area contributed by atoms with E-state index in [1.54, 1.807) is 13.2 Å². The van der Waals surface area contributed by atoms with Gasteiger partial charge in [0, 0.05) is 24.3 Å². The number of methoxy groups -OCH3 is 1. The van der Waals surface area contributed by atoms with Crippen LogP contribution >= 0.6 is 0 Å². The molecule has 0 radical (unpaired) electrons. The fourth-order valence-electron chi connectivity index (χ4n) is 2.32. The molecule has 0 aromatic heterocycles. The maximum absolute atomic E-state index is 9.06. The second-order valence-electron chi connectivity index (χ2n) is 4.99. The first-order chi connectivity index (χ1) is 10.2. The summed E-state index contributed by atoms with van der Waals surface area (Å²) in [5.41, 5.74) is 4.11. The second kappa shape index (κ2) is 6.81. The molecule has 2 aromatic carbocycles. The molecule has 3 nitrogen and oxygen atoms in total. The maximum Gasteiger partial charge on any atom is 0.123 e. The molecule has 0 atom stereocenters. The van der Waals surface area contributed by atoms with Crippen molar-refractivity contribution in [2.45, 2.75) is 20.4 Å². The van der Waals surface area contributed by atoms with Crippen LogP contribution in [-0.2, 0) is 6.54 Å². The molecule has 3 heteroatoms. The summed E-state index contributed by atoms with van der Waals surface area (Å²) < 4.78 is 5.41. The Morgan fingerprint density at radius 1 is 1.14 bits per heavy atom. The van der Waals surface area contributed by atoms with Crippen LogP contribution in [0.5, 0.6) is 5.75 Å². The van der Waals surface area contributed by atoms with Crippen LogP contribution in [-0.4, -0.2) is 13.7 Å². The van der Waals surface area contributed by atoms with Gasteiger partial charge >= 0.3 is 0 Å². The summed E-state index contributed by atoms with van der Waals surface area (Å²) in [4.78, 5) is 2.26. The summed E-state index contributed by atoms with van der Waals surface area (Å²) in [5, 5.41) is 9.06. The van der Waals surface area contributed by atoms with E-state index in [4.69, 9.17) is 10.00 Å². The van der Waals surface area contributed by atoms with Crippen molar-refractivity contribution < 1.29 is 4.74 Å². The van der Waals surface area contributed by atoms with Crippen LogP contribution in [0.25, 0.3) is 0 Å². The van der Waals surface area contributed by atoms with E-state index in [1.807, 2.05) is 12.1 Å². The molecule has 2 rings (SSSR count). The monoisotopic (exact) mass is 280 g/mol. The zero-order chi connectivity index (χ0) is 15.2. The van der Waals surface area contributed by atoms with Gasteiger partial charge in [-0.1, -0.05) is 17.7 Å². The van der Waals surface area contributed by atoms with Crippen LogP contribution in [0.3, 0.4) is 0 Å². The zero-order valence-corrected chi connectivity index (χ0v) is 12.8. The smallest absolute Gasteiger partial charge is 0.123 e. The number of anilines is 1. The van der Waals surface area contributed by atoms with E-state index in [0.29, 0.717) is 5.56 Å². The molecule has 0 aliphatic carbocycles. The molecule has 0 amide bonds. The van der Waals surface area contributed by atoms with E-state index in [-0.39, 0.29) is 0 Å². The van der Waals surface area contributed by atoms with Gasteiger partial charge in [0.2, 0.25) is 0 Å². The topological polar surface area (TPSA) is 36.3 Å². The molecular formula is C18H20N2O. The van der Waals surface area contributed by atoms with Crippen molar-refractivity contribution >= 4 is 5.69 Å². The minimum absolute atomic E-state index is 0.658. The Labute approximate surface area is 126 Å². The Kier molecular flexibility index (Phi) is 4.84. The lowest BCUT2D eigenvalue weighted by Gasteiger charge is -2.24. The number of hydrogen-bond donors (Lipinski definition) is 0. The molecule has 108 valence electrons. The van der Waals surface area contributed by atoms with Crippen molar-refractivity contribution in [1.82, 2.24) is 0 Å². The standard InChI is InChI=1S/C18H20N2O/c1-4-20(17-8-5-14(2)6-9-17)13-16-11-15(12-19)7-10-18(16)21-3/h5-11H,4,13H2,1-3H3. The highest BCUT2D eigenvalue weighted by molar-refractivity contribution is 5.50. The highest BCUT2D eigenvalue weighted by Gasteiger charge is 2.10. The molecule has 0 spiro atoms. The third-order valence-electron chi connectivity index (χ3n) is 3.55. The Hall–Kier alpha value is -2.47. The van der Waals surface area contributed by atoms with E-state index < -0.39 is 0 Å². The van der Waals surface area contributed by atoms with Gasteiger partial charge < -0.3 is 9.64 Å². The second-order valence-corrected chi connectivity index (χ2v) is 4.99. The number of hydrogen-bond acceptors (Lipinski definition) is 3. The third kappa shape index (κ3) is 3.55. The van der Waals surface area contributed by atoms with Crippen molar-refractivity contribution in [2.75, 3.05) is 18.6 Å². The Balaban J connectivity index is 2.30. The van der Waals surface area contributed by atoms with Gasteiger partial charge in [0.25, 0.3) is 0 Å². The van der Waals surface area contributed by atoms with Crippen LogP contribution in [0, 0.1) is 18.3 Å². The van der Waals surface area contributed by atoms with Crippen molar-refractivity contribution in [3.05, 3.63) is 59.2 Å². The fraction of sp³-hybridized carbons (Fsp3) is 0.278. The van der Waals surface area contributed by atoms with Gasteiger partial charge in [0.1, 0.15) is 5.75 Å². The van der Waals surface area contributed by atoms with E-state index in [1.165, 1.54) is 11.3 Å². The minimum Gasteiger partial charge on any atom is -0.496 e. The van der Waals surface area contributed by atoms with E-state index in [9.17, 15) is 0 Å². The highest BCUT2D eigenvalue weighted by Crippen LogP contribution is 2.24. The largest absolute Gasteiger partial charge is 0.496 e. The normalized spacial score (nSPS) is 10.0. The van der Waals surface area contributed by atoms with Crippen LogP contribution in [0.2, 0.25) is 0 Å². The molecule has 0 saturated heterocycles. The molecule has 21 heavy (non-hydrogen) atoms. The van der Waals surface area contributed by atoms with Crippen molar-refractivity contribution in [2.24, 2.45) is 0 Å². The number of benzene rings is 2. The Morgan fingerprint density at radius 3 is 2.43 bits per heavy atom. The lowest BCUT2D eigenvalue weighted by atomic mass is 10.1. The van der Waals surface area contributed by atoms with Crippen LogP contribution < -0.4 is 9.64 Å². The molecule has 0 aliphatic heterocycles. The minimum atomic E-state index is 0.658. The average molecular weight is 280 g/mol. The predicted octanol–water partition coefficient (Wildman–Crippen LogP) is 3.90. The van der Waals surface area contributed by atoms with E-state index in [0.717, 1.165) is 24.4 Å². The summed E-state index contributed by atoms with van der Waals surface area (Å²) in [7, 11) is 1.66. The SMILES string of the molecule is CCN(Cc1cc(C#N)ccc1OC)c1ccc(C)cc1. The van der Waals surface area contributed by atoms with Gasteiger partial charge in [-0.2, -0.15) is 5.26 Å². The lowest BCUT2D eigenvalue weighted by Crippen LogP contribution is -2.22. The van der Waals surface area contributed by atoms with E-state index >= 15 is 0 Å². The van der Waals surface area contributed by atoms with Crippen molar-refractivity contribution in [1.29, 1.82) is 5.26 Å². The number of aryl methyl sites for hydroxylation is 1. The van der Waals surface area contributed by atoms with Crippen LogP contribution in [0.1, 0.15) is 23.6 Å². The van der Waals surface area contributed by atoms with Gasteiger partial charge in [0.05, 0.1) is 18.7 Å². The molecular weight excluding hydrogens is 260 g/mol. The number of rotatable bonds is 5. The van der Waals surface area contributed by atoms with E-state index in [2.05, 4.69) is 49.1 Å². The molecule has 0 fully saturated rings. The van der Waals surface area contributed by atoms with Gasteiger partial charge in [0.15, 0.2) is 0 Å². The quantitative estimate of drug-likeness (QED) is 0.833. The first-order valence-corrected chi connectivity index (χ1v) is 7.06. The number of nitriles is 1. The summed E-state index contributed by atoms with van der Waals surface area (Å²) in [6.45, 7) is 5.82.